The molecule has 2 nitrogen and oxygen atoms in total. The highest BCUT2D eigenvalue weighted by atomic mass is 16.6. The lowest BCUT2D eigenvalue weighted by Gasteiger charge is -2.08. The summed E-state index contributed by atoms with van der Waals surface area (Å²) >= 11 is 0. The Morgan fingerprint density at radius 1 is 1.70 bits per heavy atom. The van der Waals surface area contributed by atoms with Gasteiger partial charge in [0, 0.05) is 6.42 Å². The molecule has 0 amide bonds. The van der Waals surface area contributed by atoms with E-state index in [0.29, 0.717) is 6.10 Å². The first-order valence-electron chi connectivity index (χ1n) is 3.87. The van der Waals surface area contributed by atoms with Crippen molar-refractivity contribution in [3.63, 3.8) is 0 Å². The second kappa shape index (κ2) is 3.59. The van der Waals surface area contributed by atoms with Gasteiger partial charge in [-0.05, 0) is 18.8 Å². The molecule has 1 atom stereocenters. The van der Waals surface area contributed by atoms with Gasteiger partial charge in [0.1, 0.15) is 12.3 Å². The molecule has 0 saturated carbocycles. The molecule has 1 radical (unpaired) electrons. The Balaban J connectivity index is 2.03. The first kappa shape index (κ1) is 7.58. The van der Waals surface area contributed by atoms with Gasteiger partial charge in [-0.2, -0.15) is 0 Å². The molecule has 0 aromatic heterocycles. The van der Waals surface area contributed by atoms with Crippen LogP contribution in [-0.4, -0.2) is 12.3 Å². The van der Waals surface area contributed by atoms with Crippen molar-refractivity contribution in [3.05, 3.63) is 0 Å². The largest absolute Gasteiger partial charge is 0.392 e. The lowest BCUT2D eigenvalue weighted by atomic mass is 10.0. The molecule has 1 rings (SSSR count). The van der Waals surface area contributed by atoms with E-state index in [1.165, 1.54) is 6.42 Å². The van der Waals surface area contributed by atoms with Gasteiger partial charge in [-0.3, -0.25) is 0 Å². The summed E-state index contributed by atoms with van der Waals surface area (Å²) in [5.74, 6) is 0.768. The molecule has 0 saturated heterocycles. The second-order valence-corrected chi connectivity index (χ2v) is 3.15. The van der Waals surface area contributed by atoms with Gasteiger partial charge in [-0.1, -0.05) is 19.0 Å². The second-order valence-electron chi connectivity index (χ2n) is 3.15. The van der Waals surface area contributed by atoms with Crippen molar-refractivity contribution in [1.82, 2.24) is 0 Å². The number of rotatable bonds is 3. The molecule has 0 aromatic carbocycles. The molecule has 2 heteroatoms. The summed E-state index contributed by atoms with van der Waals surface area (Å²) < 4.78 is 0. The maximum atomic E-state index is 5.02. The van der Waals surface area contributed by atoms with Crippen molar-refractivity contribution in [2.75, 3.05) is 0 Å². The zero-order chi connectivity index (χ0) is 7.40. The Bertz CT molecular complexity index is 112. The third kappa shape index (κ3) is 2.38. The van der Waals surface area contributed by atoms with Crippen molar-refractivity contribution < 1.29 is 4.84 Å². The first-order valence-corrected chi connectivity index (χ1v) is 3.87. The fourth-order valence-electron chi connectivity index (χ4n) is 0.962. The summed E-state index contributed by atoms with van der Waals surface area (Å²) in [5.41, 5.74) is 0. The van der Waals surface area contributed by atoms with Crippen LogP contribution in [0.25, 0.3) is 0 Å². The molecule has 10 heavy (non-hydrogen) atoms. The van der Waals surface area contributed by atoms with Gasteiger partial charge in [0.25, 0.3) is 0 Å². The minimum absolute atomic E-state index is 0.322. The van der Waals surface area contributed by atoms with Crippen LogP contribution in [0.1, 0.15) is 33.1 Å². The van der Waals surface area contributed by atoms with Crippen LogP contribution < -0.4 is 0 Å². The highest BCUT2D eigenvalue weighted by molar-refractivity contribution is 5.58. The fraction of sp³-hybridized carbons (Fsp3) is 0.875. The lowest BCUT2D eigenvalue weighted by Crippen LogP contribution is -2.06. The van der Waals surface area contributed by atoms with Crippen LogP contribution >= 0.6 is 0 Å². The van der Waals surface area contributed by atoms with E-state index in [9.17, 15) is 0 Å². The van der Waals surface area contributed by atoms with Gasteiger partial charge in [-0.15, -0.1) is 0 Å². The van der Waals surface area contributed by atoms with Crippen LogP contribution in [0.15, 0.2) is 5.16 Å². The van der Waals surface area contributed by atoms with Crippen molar-refractivity contribution in [2.45, 2.75) is 39.2 Å². The average Bonchev–Trinajstić information content (AvgIpc) is 2.34. The molecule has 1 unspecified atom stereocenters. The van der Waals surface area contributed by atoms with Crippen LogP contribution in [0.4, 0.5) is 0 Å². The van der Waals surface area contributed by atoms with E-state index in [1.807, 2.05) is 0 Å². The van der Waals surface area contributed by atoms with Gasteiger partial charge < -0.3 is 4.84 Å². The minimum Gasteiger partial charge on any atom is -0.392 e. The maximum absolute atomic E-state index is 5.02. The van der Waals surface area contributed by atoms with Gasteiger partial charge in [-0.25, -0.2) is 0 Å². The Labute approximate surface area is 62.3 Å². The van der Waals surface area contributed by atoms with Crippen LogP contribution in [0.3, 0.4) is 0 Å². The van der Waals surface area contributed by atoms with Gasteiger partial charge >= 0.3 is 0 Å². The smallest absolute Gasteiger partial charge is 0.133 e. The van der Waals surface area contributed by atoms with Crippen molar-refractivity contribution in [1.29, 1.82) is 0 Å². The van der Waals surface area contributed by atoms with Crippen molar-refractivity contribution >= 4 is 6.21 Å². The molecule has 57 valence electrons. The lowest BCUT2D eigenvalue weighted by molar-refractivity contribution is 0.0750. The zero-order valence-electron chi connectivity index (χ0n) is 6.63. The number of hydrogen-bond acceptors (Lipinski definition) is 2. The van der Waals surface area contributed by atoms with Crippen LogP contribution in [0, 0.1) is 5.92 Å². The highest BCUT2D eigenvalue weighted by Crippen LogP contribution is 2.14. The van der Waals surface area contributed by atoms with Gasteiger partial charge in [0.15, 0.2) is 0 Å². The normalized spacial score (nSPS) is 23.7. The number of hydrogen-bond donors (Lipinski definition) is 0. The SMILES string of the molecule is CC(C)CCC1C[C]=NO1. The van der Waals surface area contributed by atoms with E-state index in [4.69, 9.17) is 4.84 Å². The maximum Gasteiger partial charge on any atom is 0.133 e. The molecular weight excluding hydrogens is 126 g/mol. The molecule has 1 heterocycles. The fourth-order valence-corrected chi connectivity index (χ4v) is 0.962. The first-order chi connectivity index (χ1) is 4.79. The molecule has 0 spiro atoms. The van der Waals surface area contributed by atoms with E-state index < -0.39 is 0 Å². The third-order valence-corrected chi connectivity index (χ3v) is 1.65. The molecule has 1 aliphatic heterocycles. The molecule has 0 fully saturated rings. The summed E-state index contributed by atoms with van der Waals surface area (Å²) in [4.78, 5) is 5.02. The van der Waals surface area contributed by atoms with Crippen molar-refractivity contribution in [3.8, 4) is 0 Å². The van der Waals surface area contributed by atoms with E-state index in [1.54, 1.807) is 0 Å². The van der Waals surface area contributed by atoms with E-state index in [2.05, 4.69) is 25.2 Å². The summed E-state index contributed by atoms with van der Waals surface area (Å²) in [5, 5.41) is 3.59. The molecular formula is C8H14NO. The highest BCUT2D eigenvalue weighted by Gasteiger charge is 2.13. The zero-order valence-corrected chi connectivity index (χ0v) is 6.63. The predicted molar refractivity (Wildman–Crippen MR) is 41.0 cm³/mol. The quantitative estimate of drug-likeness (QED) is 0.588. The van der Waals surface area contributed by atoms with E-state index >= 15 is 0 Å². The molecule has 0 aliphatic carbocycles. The van der Waals surface area contributed by atoms with Crippen LogP contribution in [0.2, 0.25) is 0 Å². The van der Waals surface area contributed by atoms with Gasteiger partial charge in [0.05, 0.1) is 0 Å². The Morgan fingerprint density at radius 3 is 3.00 bits per heavy atom. The van der Waals surface area contributed by atoms with E-state index in [-0.39, 0.29) is 0 Å². The standard InChI is InChI=1S/C8H14NO/c1-7(2)3-4-8-5-6-9-10-8/h7-8H,3-5H2,1-2H3. The van der Waals surface area contributed by atoms with Crippen LogP contribution in [0.5, 0.6) is 0 Å². The average molecular weight is 140 g/mol. The van der Waals surface area contributed by atoms with E-state index in [0.717, 1.165) is 18.8 Å². The Kier molecular flexibility index (Phi) is 2.72. The number of nitrogens with zero attached hydrogens (tertiary/aromatic N) is 1. The monoisotopic (exact) mass is 140 g/mol. The summed E-state index contributed by atoms with van der Waals surface area (Å²) in [6.45, 7) is 4.44. The third-order valence-electron chi connectivity index (χ3n) is 1.65. The Hall–Kier alpha value is -0.530. The Morgan fingerprint density at radius 2 is 2.50 bits per heavy atom. The van der Waals surface area contributed by atoms with Crippen molar-refractivity contribution in [2.24, 2.45) is 11.1 Å². The minimum atomic E-state index is 0.322. The molecule has 1 aliphatic rings. The predicted octanol–water partition coefficient (Wildman–Crippen LogP) is 2.07. The van der Waals surface area contributed by atoms with Crippen LogP contribution in [-0.2, 0) is 4.84 Å². The summed E-state index contributed by atoms with van der Waals surface area (Å²) in [6, 6.07) is 0. The molecule has 0 aromatic rings. The topological polar surface area (TPSA) is 21.6 Å². The summed E-state index contributed by atoms with van der Waals surface area (Å²) in [7, 11) is 0. The molecule has 0 N–H and O–H groups in total. The summed E-state index contributed by atoms with van der Waals surface area (Å²) in [6.07, 6.45) is 6.35. The molecule has 0 bridgehead atoms. The van der Waals surface area contributed by atoms with Gasteiger partial charge in [0.2, 0.25) is 0 Å².